The van der Waals surface area contributed by atoms with E-state index in [-0.39, 0.29) is 19.2 Å². The number of ether oxygens (including phenoxy) is 1. The van der Waals surface area contributed by atoms with Crippen molar-refractivity contribution < 1.29 is 14.6 Å². The smallest absolute Gasteiger partial charge is 0.330 e. The predicted molar refractivity (Wildman–Crippen MR) is 121 cm³/mol. The van der Waals surface area contributed by atoms with Gasteiger partial charge < -0.3 is 9.84 Å². The lowest BCUT2D eigenvalue weighted by Gasteiger charge is -2.09. The Morgan fingerprint density at radius 2 is 1.07 bits per heavy atom. The molecule has 0 aliphatic carbocycles. The molecular formula is C25H48O3. The van der Waals surface area contributed by atoms with Crippen LogP contribution < -0.4 is 0 Å². The normalized spacial score (nSPS) is 10.8. The molecule has 0 saturated carbocycles. The van der Waals surface area contributed by atoms with Gasteiger partial charge in [0.25, 0.3) is 0 Å². The molecule has 0 saturated heterocycles. The Labute approximate surface area is 175 Å². The van der Waals surface area contributed by atoms with E-state index in [1.54, 1.807) is 6.08 Å². The van der Waals surface area contributed by atoms with Crippen LogP contribution in [0.3, 0.4) is 0 Å². The van der Waals surface area contributed by atoms with Gasteiger partial charge in [-0.05, 0) is 25.7 Å². The summed E-state index contributed by atoms with van der Waals surface area (Å²) in [6, 6.07) is 0. The van der Waals surface area contributed by atoms with Crippen molar-refractivity contribution in [2.45, 2.75) is 129 Å². The lowest BCUT2D eigenvalue weighted by atomic mass is 9.99. The summed E-state index contributed by atoms with van der Waals surface area (Å²) < 4.78 is 5.02. The third-order valence-electron chi connectivity index (χ3n) is 5.36. The van der Waals surface area contributed by atoms with Gasteiger partial charge in [0, 0.05) is 6.08 Å². The molecule has 0 rings (SSSR count). The van der Waals surface area contributed by atoms with Gasteiger partial charge in [-0.3, -0.25) is 0 Å². The zero-order valence-corrected chi connectivity index (χ0v) is 19.0. The molecule has 0 bridgehead atoms. The van der Waals surface area contributed by atoms with Crippen LogP contribution in [0, 0.1) is 0 Å². The molecule has 0 aliphatic rings. The number of rotatable bonds is 21. The van der Waals surface area contributed by atoms with E-state index in [1.165, 1.54) is 108 Å². The zero-order valence-electron chi connectivity index (χ0n) is 19.0. The maximum absolute atomic E-state index is 11.9. The number of aliphatic hydroxyl groups is 1. The highest BCUT2D eigenvalue weighted by Gasteiger charge is 2.04. The minimum atomic E-state index is -0.289. The number of esters is 1. The summed E-state index contributed by atoms with van der Waals surface area (Å²) in [7, 11) is 0. The van der Waals surface area contributed by atoms with Gasteiger partial charge in [0.2, 0.25) is 0 Å². The molecule has 0 aromatic carbocycles. The fraction of sp³-hybridized carbons (Fsp3) is 0.880. The summed E-state index contributed by atoms with van der Waals surface area (Å²) in [5.74, 6) is -0.289. The Morgan fingerprint density at radius 3 is 1.46 bits per heavy atom. The second-order valence-electron chi connectivity index (χ2n) is 8.14. The number of unbranched alkanes of at least 4 members (excludes halogenated alkanes) is 14. The molecule has 166 valence electrons. The van der Waals surface area contributed by atoms with Gasteiger partial charge in [-0.25, -0.2) is 4.79 Å². The third kappa shape index (κ3) is 19.9. The average Bonchev–Trinajstić information content (AvgIpc) is 2.70. The lowest BCUT2D eigenvalue weighted by molar-refractivity contribution is -0.138. The molecule has 3 heteroatoms. The van der Waals surface area contributed by atoms with E-state index >= 15 is 0 Å². The number of allylic oxidation sites excluding steroid dienone is 1. The molecule has 0 heterocycles. The van der Waals surface area contributed by atoms with Crippen LogP contribution in [0.2, 0.25) is 0 Å². The number of aliphatic hydroxyl groups excluding tert-OH is 1. The second kappa shape index (κ2) is 22.5. The fourth-order valence-corrected chi connectivity index (χ4v) is 3.60. The molecule has 0 unspecified atom stereocenters. The molecule has 28 heavy (non-hydrogen) atoms. The van der Waals surface area contributed by atoms with Crippen LogP contribution in [-0.2, 0) is 9.53 Å². The van der Waals surface area contributed by atoms with Crippen LogP contribution in [0.5, 0.6) is 0 Å². The number of hydrogen-bond donors (Lipinski definition) is 1. The van der Waals surface area contributed by atoms with Crippen LogP contribution in [0.25, 0.3) is 0 Å². The van der Waals surface area contributed by atoms with Gasteiger partial charge in [-0.2, -0.15) is 0 Å². The van der Waals surface area contributed by atoms with E-state index in [2.05, 4.69) is 13.8 Å². The highest BCUT2D eigenvalue weighted by Crippen LogP contribution is 2.19. The molecule has 0 amide bonds. The van der Waals surface area contributed by atoms with E-state index in [4.69, 9.17) is 9.84 Å². The van der Waals surface area contributed by atoms with E-state index in [0.29, 0.717) is 0 Å². The summed E-state index contributed by atoms with van der Waals surface area (Å²) in [5, 5.41) is 8.81. The first-order valence-electron chi connectivity index (χ1n) is 12.2. The van der Waals surface area contributed by atoms with Crippen molar-refractivity contribution in [2.24, 2.45) is 0 Å². The first-order valence-corrected chi connectivity index (χ1v) is 12.2. The van der Waals surface area contributed by atoms with Gasteiger partial charge in [-0.1, -0.05) is 109 Å². The van der Waals surface area contributed by atoms with E-state index in [9.17, 15) is 4.79 Å². The van der Waals surface area contributed by atoms with Crippen molar-refractivity contribution >= 4 is 5.97 Å². The summed E-state index contributed by atoms with van der Waals surface area (Å²) >= 11 is 0. The van der Waals surface area contributed by atoms with Crippen molar-refractivity contribution in [1.82, 2.24) is 0 Å². The summed E-state index contributed by atoms with van der Waals surface area (Å²) in [6.45, 7) is 4.50. The van der Waals surface area contributed by atoms with Crippen LogP contribution >= 0.6 is 0 Å². The van der Waals surface area contributed by atoms with Gasteiger partial charge in [-0.15, -0.1) is 0 Å². The van der Waals surface area contributed by atoms with Crippen molar-refractivity contribution in [3.63, 3.8) is 0 Å². The Hall–Kier alpha value is -0.830. The quantitative estimate of drug-likeness (QED) is 0.124. The van der Waals surface area contributed by atoms with Crippen LogP contribution in [0.4, 0.5) is 0 Å². The van der Waals surface area contributed by atoms with Gasteiger partial charge in [0.05, 0.1) is 6.61 Å². The maximum atomic E-state index is 11.9. The van der Waals surface area contributed by atoms with E-state index < -0.39 is 0 Å². The molecule has 0 aliphatic heterocycles. The highest BCUT2D eigenvalue weighted by atomic mass is 16.5. The Morgan fingerprint density at radius 1 is 0.679 bits per heavy atom. The van der Waals surface area contributed by atoms with Crippen molar-refractivity contribution in [3.8, 4) is 0 Å². The average molecular weight is 397 g/mol. The predicted octanol–water partition coefficient (Wildman–Crippen LogP) is 7.51. The third-order valence-corrected chi connectivity index (χ3v) is 5.36. The monoisotopic (exact) mass is 396 g/mol. The van der Waals surface area contributed by atoms with Crippen LogP contribution in [0.1, 0.15) is 129 Å². The molecule has 0 fully saturated rings. The van der Waals surface area contributed by atoms with Crippen molar-refractivity contribution in [2.75, 3.05) is 13.2 Å². The van der Waals surface area contributed by atoms with Gasteiger partial charge >= 0.3 is 5.97 Å². The molecule has 0 spiro atoms. The van der Waals surface area contributed by atoms with Crippen LogP contribution in [-0.4, -0.2) is 24.3 Å². The van der Waals surface area contributed by atoms with Gasteiger partial charge in [0.15, 0.2) is 0 Å². The number of carbonyl (C=O) groups is 1. The number of hydrogen-bond acceptors (Lipinski definition) is 3. The minimum absolute atomic E-state index is 0.0954. The second-order valence-corrected chi connectivity index (χ2v) is 8.14. The Kier molecular flexibility index (Phi) is 21.8. The molecule has 3 nitrogen and oxygen atoms in total. The largest absolute Gasteiger partial charge is 0.460 e. The number of carbonyl (C=O) groups excluding carboxylic acids is 1. The standard InChI is InChI=1S/C25H48O3/c1-3-5-7-9-11-13-15-17-19-24(23-25(27)28-22-21-26)20-18-16-14-12-10-8-6-4-2/h23,26H,3-22H2,1-2H3. The molecule has 0 radical (unpaired) electrons. The first-order chi connectivity index (χ1) is 13.7. The topological polar surface area (TPSA) is 46.5 Å². The zero-order chi connectivity index (χ0) is 20.7. The fourth-order valence-electron chi connectivity index (χ4n) is 3.60. The Bertz CT molecular complexity index is 341. The van der Waals surface area contributed by atoms with Crippen LogP contribution in [0.15, 0.2) is 11.6 Å². The van der Waals surface area contributed by atoms with Crippen molar-refractivity contribution in [3.05, 3.63) is 11.6 Å². The molecule has 1 N–H and O–H groups in total. The summed E-state index contributed by atoms with van der Waals surface area (Å²) in [5.41, 5.74) is 1.24. The summed E-state index contributed by atoms with van der Waals surface area (Å²) in [6.07, 6.45) is 24.7. The Balaban J connectivity index is 4.01. The van der Waals surface area contributed by atoms with E-state index in [0.717, 1.165) is 12.8 Å². The van der Waals surface area contributed by atoms with E-state index in [1.807, 2.05) is 0 Å². The van der Waals surface area contributed by atoms with Crippen molar-refractivity contribution in [1.29, 1.82) is 0 Å². The van der Waals surface area contributed by atoms with Gasteiger partial charge in [0.1, 0.15) is 6.61 Å². The highest BCUT2D eigenvalue weighted by molar-refractivity contribution is 5.82. The minimum Gasteiger partial charge on any atom is -0.460 e. The summed E-state index contributed by atoms with van der Waals surface area (Å²) in [4.78, 5) is 11.9. The molecule has 0 atom stereocenters. The molecular weight excluding hydrogens is 348 g/mol. The molecule has 0 aromatic rings. The lowest BCUT2D eigenvalue weighted by Crippen LogP contribution is -2.06. The SMILES string of the molecule is CCCCCCCCCCC(=CC(=O)OCCO)CCCCCCCCCC. The molecule has 0 aromatic heterocycles. The first kappa shape index (κ1) is 27.2. The maximum Gasteiger partial charge on any atom is 0.330 e.